The average Bonchev–Trinajstić information content (AvgIpc) is 3.37. The minimum Gasteiger partial charge on any atom is -0.462 e. The molecule has 2 heterocycles. The van der Waals surface area contributed by atoms with Gasteiger partial charge in [0.1, 0.15) is 11.6 Å². The van der Waals surface area contributed by atoms with Gasteiger partial charge in [0.25, 0.3) is 5.56 Å². The molecule has 0 fully saturated rings. The Morgan fingerprint density at radius 3 is 2.49 bits per heavy atom. The van der Waals surface area contributed by atoms with Gasteiger partial charge < -0.3 is 8.98 Å². The van der Waals surface area contributed by atoms with E-state index in [4.69, 9.17) is 16.0 Å². The number of thioether (sulfide) groups is 1. The molecule has 39 heavy (non-hydrogen) atoms. The van der Waals surface area contributed by atoms with Crippen molar-refractivity contribution < 1.29 is 26.4 Å². The van der Waals surface area contributed by atoms with Crippen molar-refractivity contribution in [3.63, 3.8) is 0 Å². The fraction of sp³-hybridized carbons (Fsp3) is 0.138. The topological polar surface area (TPSA) is 35.1 Å². The van der Waals surface area contributed by atoms with Gasteiger partial charge in [-0.25, -0.2) is 8.78 Å². The Morgan fingerprint density at radius 2 is 1.77 bits per heavy atom. The van der Waals surface area contributed by atoms with Gasteiger partial charge in [0.15, 0.2) is 5.76 Å². The first kappa shape index (κ1) is 27.0. The quantitative estimate of drug-likeness (QED) is 0.150. The highest BCUT2D eigenvalue weighted by Gasteiger charge is 2.31. The number of fused-ring (bicyclic) bond motifs is 1. The minimum absolute atomic E-state index is 0.0528. The van der Waals surface area contributed by atoms with E-state index in [0.717, 1.165) is 24.3 Å². The SMILES string of the molecule is CCSc1cc(-c2coc(-c3cc4cccc(Cl)c4c(=O)n3Cc3ccc(F)cc3F)c2)cc(C(F)(F)F)c1. The predicted molar refractivity (Wildman–Crippen MR) is 143 cm³/mol. The second-order valence-electron chi connectivity index (χ2n) is 8.74. The minimum atomic E-state index is -4.54. The van der Waals surface area contributed by atoms with Crippen molar-refractivity contribution in [3.05, 3.63) is 111 Å². The van der Waals surface area contributed by atoms with Crippen molar-refractivity contribution in [2.24, 2.45) is 0 Å². The monoisotopic (exact) mass is 575 g/mol. The number of rotatable bonds is 6. The molecule has 0 N–H and O–H groups in total. The van der Waals surface area contributed by atoms with E-state index in [1.165, 1.54) is 34.7 Å². The first-order chi connectivity index (χ1) is 18.5. The highest BCUT2D eigenvalue weighted by molar-refractivity contribution is 7.99. The van der Waals surface area contributed by atoms with Gasteiger partial charge in [-0.15, -0.1) is 11.8 Å². The van der Waals surface area contributed by atoms with Crippen LogP contribution < -0.4 is 5.56 Å². The van der Waals surface area contributed by atoms with Crippen LogP contribution in [0.4, 0.5) is 22.0 Å². The summed E-state index contributed by atoms with van der Waals surface area (Å²) in [5, 5.41) is 0.899. The summed E-state index contributed by atoms with van der Waals surface area (Å²) >= 11 is 7.59. The summed E-state index contributed by atoms with van der Waals surface area (Å²) in [5.41, 5.74) is -0.361. The molecule has 3 aromatic carbocycles. The first-order valence-electron chi connectivity index (χ1n) is 11.8. The lowest BCUT2D eigenvalue weighted by Crippen LogP contribution is -2.23. The largest absolute Gasteiger partial charge is 0.462 e. The van der Waals surface area contributed by atoms with E-state index >= 15 is 0 Å². The molecule has 3 nitrogen and oxygen atoms in total. The summed E-state index contributed by atoms with van der Waals surface area (Å²) in [7, 11) is 0. The van der Waals surface area contributed by atoms with Gasteiger partial charge in [-0.1, -0.05) is 36.7 Å². The second kappa shape index (κ2) is 10.5. The summed E-state index contributed by atoms with van der Waals surface area (Å²) in [5.74, 6) is -0.836. The Hall–Kier alpha value is -3.56. The molecule has 0 bridgehead atoms. The van der Waals surface area contributed by atoms with Crippen molar-refractivity contribution in [2.75, 3.05) is 5.75 Å². The number of nitrogens with zero attached hydrogens (tertiary/aromatic N) is 1. The van der Waals surface area contributed by atoms with Crippen molar-refractivity contribution in [1.29, 1.82) is 0 Å². The van der Waals surface area contributed by atoms with Gasteiger partial charge in [-0.05, 0) is 59.2 Å². The van der Waals surface area contributed by atoms with Gasteiger partial charge in [-0.2, -0.15) is 13.2 Å². The van der Waals surface area contributed by atoms with Crippen LogP contribution in [0.25, 0.3) is 33.4 Å². The zero-order chi connectivity index (χ0) is 27.9. The van der Waals surface area contributed by atoms with E-state index in [1.807, 2.05) is 6.92 Å². The Balaban J connectivity index is 1.68. The Labute approximate surface area is 228 Å². The lowest BCUT2D eigenvalue weighted by molar-refractivity contribution is -0.137. The van der Waals surface area contributed by atoms with Crippen LogP contribution in [0.5, 0.6) is 0 Å². The molecule has 10 heteroatoms. The van der Waals surface area contributed by atoms with E-state index < -0.39 is 28.9 Å². The molecular weight excluding hydrogens is 557 g/mol. The molecule has 0 radical (unpaired) electrons. The summed E-state index contributed by atoms with van der Waals surface area (Å²) in [4.78, 5) is 14.0. The number of pyridine rings is 1. The third-order valence-corrected chi connectivity index (χ3v) is 7.33. The third kappa shape index (κ3) is 5.46. The van der Waals surface area contributed by atoms with Crippen LogP contribution in [0.1, 0.15) is 18.1 Å². The van der Waals surface area contributed by atoms with Crippen molar-refractivity contribution in [3.8, 4) is 22.6 Å². The molecule has 0 atom stereocenters. The van der Waals surface area contributed by atoms with Gasteiger partial charge in [0, 0.05) is 22.1 Å². The highest BCUT2D eigenvalue weighted by Crippen LogP contribution is 2.38. The third-order valence-electron chi connectivity index (χ3n) is 6.16. The molecule has 0 aliphatic carbocycles. The normalized spacial score (nSPS) is 11.9. The fourth-order valence-electron chi connectivity index (χ4n) is 4.34. The zero-order valence-electron chi connectivity index (χ0n) is 20.3. The van der Waals surface area contributed by atoms with Crippen LogP contribution in [-0.4, -0.2) is 10.3 Å². The predicted octanol–water partition coefficient (Wildman–Crippen LogP) is 9.04. The molecule has 0 amide bonds. The van der Waals surface area contributed by atoms with Crippen LogP contribution in [0, 0.1) is 11.6 Å². The van der Waals surface area contributed by atoms with Crippen LogP contribution >= 0.6 is 23.4 Å². The summed E-state index contributed by atoms with van der Waals surface area (Å²) < 4.78 is 75.8. The molecule has 200 valence electrons. The fourth-order valence-corrected chi connectivity index (χ4v) is 5.36. The van der Waals surface area contributed by atoms with Gasteiger partial charge in [0.2, 0.25) is 0 Å². The van der Waals surface area contributed by atoms with Gasteiger partial charge >= 0.3 is 6.18 Å². The van der Waals surface area contributed by atoms with E-state index in [-0.39, 0.29) is 39.5 Å². The van der Waals surface area contributed by atoms with E-state index in [9.17, 15) is 26.7 Å². The van der Waals surface area contributed by atoms with Crippen LogP contribution in [0.2, 0.25) is 5.02 Å². The molecule has 2 aromatic heterocycles. The van der Waals surface area contributed by atoms with Crippen molar-refractivity contribution in [2.45, 2.75) is 24.5 Å². The zero-order valence-corrected chi connectivity index (χ0v) is 21.9. The van der Waals surface area contributed by atoms with Crippen molar-refractivity contribution in [1.82, 2.24) is 4.57 Å². The molecule has 0 unspecified atom stereocenters. The van der Waals surface area contributed by atoms with E-state index in [1.54, 1.807) is 30.3 Å². The lowest BCUT2D eigenvalue weighted by atomic mass is 10.0. The molecule has 0 saturated heterocycles. The lowest BCUT2D eigenvalue weighted by Gasteiger charge is -2.14. The maximum atomic E-state index is 14.6. The molecular formula is C29H19ClF5NO2S. The van der Waals surface area contributed by atoms with Gasteiger partial charge in [-0.3, -0.25) is 4.79 Å². The molecule has 0 spiro atoms. The summed E-state index contributed by atoms with van der Waals surface area (Å²) in [6.07, 6.45) is -3.23. The standard InChI is InChI=1S/C29H19ClF5NO2S/c1-2-39-22-9-18(8-20(12-22)29(33,34)35)19-11-26(38-15-19)25-10-16-4-3-5-23(30)27(16)28(37)36(25)14-17-6-7-21(31)13-24(17)32/h3-13,15H,2,14H2,1H3. The first-order valence-corrected chi connectivity index (χ1v) is 13.1. The smallest absolute Gasteiger partial charge is 0.416 e. The number of halogens is 6. The average molecular weight is 576 g/mol. The van der Waals surface area contributed by atoms with Crippen LogP contribution in [-0.2, 0) is 12.7 Å². The number of hydrogen-bond acceptors (Lipinski definition) is 3. The van der Waals surface area contributed by atoms with E-state index in [0.29, 0.717) is 21.6 Å². The van der Waals surface area contributed by atoms with Crippen molar-refractivity contribution >= 4 is 34.1 Å². The molecule has 0 aliphatic rings. The molecule has 5 rings (SSSR count). The van der Waals surface area contributed by atoms with E-state index in [2.05, 4.69) is 0 Å². The Kier molecular flexibility index (Phi) is 7.31. The van der Waals surface area contributed by atoms with Crippen LogP contribution in [0.15, 0.2) is 87.1 Å². The maximum absolute atomic E-state index is 14.6. The van der Waals surface area contributed by atoms with Crippen LogP contribution in [0.3, 0.4) is 0 Å². The highest BCUT2D eigenvalue weighted by atomic mass is 35.5. The number of furan rings is 1. The molecule has 0 aliphatic heterocycles. The Bertz CT molecular complexity index is 1760. The maximum Gasteiger partial charge on any atom is 0.416 e. The molecule has 5 aromatic rings. The number of aromatic nitrogens is 1. The number of alkyl halides is 3. The number of hydrogen-bond donors (Lipinski definition) is 0. The summed E-state index contributed by atoms with van der Waals surface area (Å²) in [6.45, 7) is 1.58. The second-order valence-corrected chi connectivity index (χ2v) is 10.5. The Morgan fingerprint density at radius 1 is 0.974 bits per heavy atom. The molecule has 0 saturated carbocycles. The summed E-state index contributed by atoms with van der Waals surface area (Å²) in [6, 6.07) is 14.9. The van der Waals surface area contributed by atoms with Gasteiger partial charge in [0.05, 0.1) is 34.5 Å². The number of benzene rings is 3.